The van der Waals surface area contributed by atoms with Crippen molar-refractivity contribution in [2.24, 2.45) is 11.3 Å². The van der Waals surface area contributed by atoms with Gasteiger partial charge in [0.2, 0.25) is 0 Å². The lowest BCUT2D eigenvalue weighted by Gasteiger charge is -2.24. The second-order valence-electron chi connectivity index (χ2n) is 5.10. The molecule has 0 spiro atoms. The zero-order valence-corrected chi connectivity index (χ0v) is 13.8. The lowest BCUT2D eigenvalue weighted by molar-refractivity contribution is -0.144. The fourth-order valence-electron chi connectivity index (χ4n) is 2.78. The minimum Gasteiger partial charge on any atom is -0.466 e. The first-order valence-corrected chi connectivity index (χ1v) is 7.81. The van der Waals surface area contributed by atoms with E-state index in [2.05, 4.69) is 28.1 Å². The van der Waals surface area contributed by atoms with E-state index in [1.54, 1.807) is 6.92 Å². The highest BCUT2D eigenvalue weighted by molar-refractivity contribution is 9.10. The van der Waals surface area contributed by atoms with Gasteiger partial charge in [0, 0.05) is 10.4 Å². The number of benzene rings is 1. The number of allylic oxidation sites excluding steroid dienone is 2. The van der Waals surface area contributed by atoms with Crippen LogP contribution in [0.2, 0.25) is 0 Å². The van der Waals surface area contributed by atoms with Crippen LogP contribution < -0.4 is 0 Å². The molecule has 1 unspecified atom stereocenters. The number of nitrogens with zero attached hydrogens (tertiary/aromatic N) is 2. The summed E-state index contributed by atoms with van der Waals surface area (Å²) in [6, 6.07) is 11.8. The van der Waals surface area contributed by atoms with Gasteiger partial charge in [0.05, 0.1) is 25.2 Å². The Labute approximate surface area is 138 Å². The quantitative estimate of drug-likeness (QED) is 0.766. The summed E-state index contributed by atoms with van der Waals surface area (Å²) < 4.78 is 5.88. The van der Waals surface area contributed by atoms with Crippen LogP contribution in [0.3, 0.4) is 0 Å². The fourth-order valence-corrected chi connectivity index (χ4v) is 3.04. The van der Waals surface area contributed by atoms with Crippen LogP contribution >= 0.6 is 15.9 Å². The van der Waals surface area contributed by atoms with Gasteiger partial charge >= 0.3 is 5.97 Å². The Hall–Kier alpha value is -2.11. The van der Waals surface area contributed by atoms with Crippen molar-refractivity contribution < 1.29 is 9.53 Å². The number of hydrogen-bond donors (Lipinski definition) is 0. The summed E-state index contributed by atoms with van der Waals surface area (Å²) in [6.07, 6.45) is 2.48. The molecule has 0 N–H and O–H groups in total. The Bertz CT molecular complexity index is 666. The van der Waals surface area contributed by atoms with Crippen molar-refractivity contribution in [3.63, 3.8) is 0 Å². The highest BCUT2D eigenvalue weighted by Gasteiger charge is 2.48. The van der Waals surface area contributed by atoms with Crippen molar-refractivity contribution in [2.75, 3.05) is 6.61 Å². The van der Waals surface area contributed by atoms with Crippen molar-refractivity contribution in [1.29, 1.82) is 10.5 Å². The first-order valence-electron chi connectivity index (χ1n) is 7.02. The normalized spacial score (nSPS) is 18.9. The van der Waals surface area contributed by atoms with Crippen LogP contribution in [-0.2, 0) is 9.53 Å². The summed E-state index contributed by atoms with van der Waals surface area (Å²) in [4.78, 5) is 11.7. The maximum atomic E-state index is 11.7. The van der Waals surface area contributed by atoms with E-state index >= 15 is 0 Å². The Balaban J connectivity index is 2.33. The summed E-state index contributed by atoms with van der Waals surface area (Å²) in [5, 5.41) is 19.3. The van der Waals surface area contributed by atoms with Gasteiger partial charge in [-0.2, -0.15) is 10.5 Å². The van der Waals surface area contributed by atoms with Crippen LogP contribution in [0.1, 0.15) is 25.3 Å². The van der Waals surface area contributed by atoms with Crippen molar-refractivity contribution >= 4 is 27.5 Å². The molecule has 22 heavy (non-hydrogen) atoms. The third kappa shape index (κ3) is 2.91. The molecule has 0 aromatic heterocycles. The number of hydrogen-bond acceptors (Lipinski definition) is 4. The summed E-state index contributed by atoms with van der Waals surface area (Å²) in [6.45, 7) is 2.03. The minimum atomic E-state index is -1.30. The minimum absolute atomic E-state index is 0.0749. The van der Waals surface area contributed by atoms with E-state index in [0.29, 0.717) is 18.6 Å². The van der Waals surface area contributed by atoms with E-state index in [4.69, 9.17) is 4.74 Å². The van der Waals surface area contributed by atoms with Gasteiger partial charge in [0.15, 0.2) is 5.41 Å². The van der Waals surface area contributed by atoms with Crippen molar-refractivity contribution in [2.45, 2.75) is 19.8 Å². The topological polar surface area (TPSA) is 73.9 Å². The molecular formula is C17H15BrN2O2. The molecule has 5 heteroatoms. The Morgan fingerprint density at radius 2 is 2.00 bits per heavy atom. The van der Waals surface area contributed by atoms with Crippen LogP contribution in [-0.4, -0.2) is 12.6 Å². The molecule has 0 heterocycles. The van der Waals surface area contributed by atoms with E-state index in [0.717, 1.165) is 10.0 Å². The highest BCUT2D eigenvalue weighted by Crippen LogP contribution is 2.49. The maximum Gasteiger partial charge on any atom is 0.306 e. The van der Waals surface area contributed by atoms with E-state index in [1.165, 1.54) is 0 Å². The molecule has 1 aromatic rings. The third-order valence-electron chi connectivity index (χ3n) is 3.87. The van der Waals surface area contributed by atoms with E-state index in [1.807, 2.05) is 30.3 Å². The molecule has 0 amide bonds. The van der Waals surface area contributed by atoms with Gasteiger partial charge in [-0.25, -0.2) is 0 Å². The molecule has 112 valence electrons. The Morgan fingerprint density at radius 3 is 2.55 bits per heavy atom. The first-order chi connectivity index (χ1) is 10.6. The van der Waals surface area contributed by atoms with Crippen LogP contribution in [0.4, 0.5) is 0 Å². The fraction of sp³-hybridized carbons (Fsp3) is 0.353. The molecule has 4 nitrogen and oxygen atoms in total. The SMILES string of the molecule is CCOC(=O)CC1CC=C(c2ccc(Br)cc2)C1(C#N)C#N. The largest absolute Gasteiger partial charge is 0.466 e. The van der Waals surface area contributed by atoms with Crippen molar-refractivity contribution in [3.05, 3.63) is 40.4 Å². The molecule has 0 saturated carbocycles. The number of carbonyl (C=O) groups is 1. The van der Waals surface area contributed by atoms with Gasteiger partial charge in [-0.1, -0.05) is 34.1 Å². The first kappa shape index (κ1) is 16.3. The van der Waals surface area contributed by atoms with Crippen LogP contribution in [0.5, 0.6) is 0 Å². The number of rotatable bonds is 4. The maximum absolute atomic E-state index is 11.7. The third-order valence-corrected chi connectivity index (χ3v) is 4.40. The zero-order valence-electron chi connectivity index (χ0n) is 12.2. The molecule has 0 bridgehead atoms. The highest BCUT2D eigenvalue weighted by atomic mass is 79.9. The molecule has 0 aliphatic heterocycles. The second kappa shape index (κ2) is 6.77. The second-order valence-corrected chi connectivity index (χ2v) is 6.01. The zero-order chi connectivity index (χ0) is 16.2. The average Bonchev–Trinajstić information content (AvgIpc) is 2.87. The molecule has 0 fully saturated rings. The molecule has 0 radical (unpaired) electrons. The average molecular weight is 359 g/mol. The van der Waals surface area contributed by atoms with E-state index in [9.17, 15) is 15.3 Å². The number of nitriles is 2. The monoisotopic (exact) mass is 358 g/mol. The predicted octanol–water partition coefficient (Wildman–Crippen LogP) is 3.84. The smallest absolute Gasteiger partial charge is 0.306 e. The summed E-state index contributed by atoms with van der Waals surface area (Å²) in [5.41, 5.74) is 0.206. The van der Waals surface area contributed by atoms with Gasteiger partial charge in [-0.15, -0.1) is 0 Å². The molecule has 0 saturated heterocycles. The predicted molar refractivity (Wildman–Crippen MR) is 85.1 cm³/mol. The summed E-state index contributed by atoms with van der Waals surface area (Å²) in [5.74, 6) is -0.743. The number of carbonyl (C=O) groups excluding carboxylic acids is 1. The van der Waals surface area contributed by atoms with Gasteiger partial charge < -0.3 is 4.74 Å². The lowest BCUT2D eigenvalue weighted by atomic mass is 9.72. The number of halogens is 1. The van der Waals surface area contributed by atoms with Crippen molar-refractivity contribution in [3.8, 4) is 12.1 Å². The van der Waals surface area contributed by atoms with Gasteiger partial charge in [0.25, 0.3) is 0 Å². The lowest BCUT2D eigenvalue weighted by Crippen LogP contribution is -2.27. The van der Waals surface area contributed by atoms with Crippen LogP contribution in [0.25, 0.3) is 5.57 Å². The van der Waals surface area contributed by atoms with E-state index in [-0.39, 0.29) is 18.3 Å². The number of esters is 1. The number of ether oxygens (including phenoxy) is 1. The molecular weight excluding hydrogens is 344 g/mol. The Kier molecular flexibility index (Phi) is 5.00. The molecule has 2 rings (SSSR count). The van der Waals surface area contributed by atoms with Gasteiger partial charge in [-0.05, 0) is 36.6 Å². The molecule has 1 aliphatic carbocycles. The molecule has 1 aromatic carbocycles. The summed E-state index contributed by atoms with van der Waals surface area (Å²) >= 11 is 3.37. The molecule has 1 aliphatic rings. The van der Waals surface area contributed by atoms with Gasteiger partial charge in [0.1, 0.15) is 0 Å². The Morgan fingerprint density at radius 1 is 1.36 bits per heavy atom. The molecule has 1 atom stereocenters. The van der Waals surface area contributed by atoms with Crippen LogP contribution in [0.15, 0.2) is 34.8 Å². The van der Waals surface area contributed by atoms with Crippen LogP contribution in [0, 0.1) is 34.0 Å². The van der Waals surface area contributed by atoms with Gasteiger partial charge in [-0.3, -0.25) is 4.79 Å². The standard InChI is InChI=1S/C17H15BrN2O2/c1-2-22-16(21)9-13-5-8-15(17(13,10-19)11-20)12-3-6-14(18)7-4-12/h3-4,6-8,13H,2,5,9H2,1H3. The van der Waals surface area contributed by atoms with E-state index < -0.39 is 5.41 Å². The van der Waals surface area contributed by atoms with Crippen molar-refractivity contribution in [1.82, 2.24) is 0 Å². The summed E-state index contributed by atoms with van der Waals surface area (Å²) in [7, 11) is 0.